The van der Waals surface area contributed by atoms with Crippen LogP contribution in [0, 0.1) is 6.92 Å². The van der Waals surface area contributed by atoms with Crippen LogP contribution in [-0.4, -0.2) is 4.98 Å². The van der Waals surface area contributed by atoms with E-state index in [9.17, 15) is 0 Å². The van der Waals surface area contributed by atoms with Gasteiger partial charge in [-0.25, -0.2) is 0 Å². The maximum Gasteiger partial charge on any atom is 0.0702 e. The maximum absolute atomic E-state index is 4.49. The largest absolute Gasteiger partial charge is 0.256 e. The van der Waals surface area contributed by atoms with Crippen LogP contribution in [0.15, 0.2) is 66.9 Å². The maximum atomic E-state index is 4.49. The van der Waals surface area contributed by atoms with Crippen molar-refractivity contribution >= 4 is 0 Å². The van der Waals surface area contributed by atoms with Crippen molar-refractivity contribution in [3.8, 4) is 22.4 Å². The first-order valence-corrected chi connectivity index (χ1v) is 8.07. The van der Waals surface area contributed by atoms with Crippen molar-refractivity contribution in [2.45, 2.75) is 33.1 Å². The fourth-order valence-corrected chi connectivity index (χ4v) is 2.63. The molecule has 0 bridgehead atoms. The lowest BCUT2D eigenvalue weighted by atomic mass is 9.86. The second kappa shape index (κ2) is 6.00. The normalized spacial score (nSPS) is 11.5. The number of pyridine rings is 1. The summed E-state index contributed by atoms with van der Waals surface area (Å²) in [6.07, 6.45) is 1.91. The van der Waals surface area contributed by atoms with Gasteiger partial charge in [0.2, 0.25) is 0 Å². The highest BCUT2D eigenvalue weighted by atomic mass is 14.7. The van der Waals surface area contributed by atoms with Gasteiger partial charge in [0.05, 0.1) is 5.69 Å². The standard InChI is InChI=1S/C22H23N/c1-16-5-14-21(23-15-16)19-8-6-17(7-9-19)18-10-12-20(13-11-18)22(2,3)4/h5-15H,1-4H3. The van der Waals surface area contributed by atoms with E-state index in [1.54, 1.807) is 0 Å². The molecule has 116 valence electrons. The summed E-state index contributed by atoms with van der Waals surface area (Å²) in [7, 11) is 0. The lowest BCUT2D eigenvalue weighted by Crippen LogP contribution is -2.10. The van der Waals surface area contributed by atoms with Gasteiger partial charge in [0.1, 0.15) is 0 Å². The van der Waals surface area contributed by atoms with Crippen LogP contribution in [0.2, 0.25) is 0 Å². The van der Waals surface area contributed by atoms with Gasteiger partial charge in [-0.2, -0.15) is 0 Å². The van der Waals surface area contributed by atoms with Crippen molar-refractivity contribution in [2.24, 2.45) is 0 Å². The van der Waals surface area contributed by atoms with E-state index in [4.69, 9.17) is 0 Å². The zero-order valence-electron chi connectivity index (χ0n) is 14.3. The molecule has 0 aliphatic heterocycles. The molecule has 0 spiro atoms. The van der Waals surface area contributed by atoms with Crippen molar-refractivity contribution < 1.29 is 0 Å². The average molecular weight is 301 g/mol. The summed E-state index contributed by atoms with van der Waals surface area (Å²) in [5.74, 6) is 0. The molecule has 23 heavy (non-hydrogen) atoms. The predicted molar refractivity (Wildman–Crippen MR) is 98.5 cm³/mol. The number of rotatable bonds is 2. The number of hydrogen-bond donors (Lipinski definition) is 0. The van der Waals surface area contributed by atoms with E-state index in [2.05, 4.69) is 93.3 Å². The summed E-state index contributed by atoms with van der Waals surface area (Å²) in [5.41, 5.74) is 7.40. The van der Waals surface area contributed by atoms with Gasteiger partial charge < -0.3 is 0 Å². The minimum atomic E-state index is 0.194. The van der Waals surface area contributed by atoms with E-state index in [1.807, 2.05) is 6.20 Å². The molecule has 0 saturated heterocycles. The van der Waals surface area contributed by atoms with E-state index < -0.39 is 0 Å². The van der Waals surface area contributed by atoms with E-state index in [-0.39, 0.29) is 5.41 Å². The van der Waals surface area contributed by atoms with Gasteiger partial charge in [0.15, 0.2) is 0 Å². The monoisotopic (exact) mass is 301 g/mol. The molecule has 0 saturated carbocycles. The first-order valence-electron chi connectivity index (χ1n) is 8.07. The molecule has 0 radical (unpaired) electrons. The molecule has 0 fully saturated rings. The zero-order valence-corrected chi connectivity index (χ0v) is 14.3. The van der Waals surface area contributed by atoms with Gasteiger partial charge in [-0.3, -0.25) is 4.98 Å². The third-order valence-electron chi connectivity index (χ3n) is 4.18. The minimum Gasteiger partial charge on any atom is -0.256 e. The minimum absolute atomic E-state index is 0.194. The van der Waals surface area contributed by atoms with Crippen LogP contribution >= 0.6 is 0 Å². The third kappa shape index (κ3) is 3.50. The number of nitrogens with zero attached hydrogens (tertiary/aromatic N) is 1. The molecule has 1 aromatic heterocycles. The number of hydrogen-bond acceptors (Lipinski definition) is 1. The number of aryl methyl sites for hydroxylation is 1. The molecular formula is C22H23N. The van der Waals surface area contributed by atoms with Crippen LogP contribution in [0.1, 0.15) is 31.9 Å². The van der Waals surface area contributed by atoms with E-state index in [0.717, 1.165) is 11.3 Å². The highest BCUT2D eigenvalue weighted by molar-refractivity contribution is 5.69. The van der Waals surface area contributed by atoms with Gasteiger partial charge in [0, 0.05) is 11.8 Å². The molecule has 1 heteroatoms. The molecular weight excluding hydrogens is 278 g/mol. The highest BCUT2D eigenvalue weighted by Crippen LogP contribution is 2.27. The van der Waals surface area contributed by atoms with Crippen molar-refractivity contribution in [2.75, 3.05) is 0 Å². The molecule has 1 heterocycles. The van der Waals surface area contributed by atoms with Crippen LogP contribution in [0.5, 0.6) is 0 Å². The van der Waals surface area contributed by atoms with Crippen LogP contribution in [0.3, 0.4) is 0 Å². The van der Waals surface area contributed by atoms with E-state index in [0.29, 0.717) is 0 Å². The third-order valence-corrected chi connectivity index (χ3v) is 4.18. The summed E-state index contributed by atoms with van der Waals surface area (Å²) in [5, 5.41) is 0. The Hall–Kier alpha value is -2.41. The number of benzene rings is 2. The van der Waals surface area contributed by atoms with Gasteiger partial charge in [-0.15, -0.1) is 0 Å². The second-order valence-electron chi connectivity index (χ2n) is 7.13. The molecule has 0 unspecified atom stereocenters. The fraction of sp³-hybridized carbons (Fsp3) is 0.227. The Morgan fingerprint density at radius 1 is 0.652 bits per heavy atom. The highest BCUT2D eigenvalue weighted by Gasteiger charge is 2.13. The zero-order chi connectivity index (χ0) is 16.4. The Balaban J connectivity index is 1.86. The first kappa shape index (κ1) is 15.5. The van der Waals surface area contributed by atoms with Gasteiger partial charge >= 0.3 is 0 Å². The molecule has 0 amide bonds. The molecule has 3 aromatic rings. The summed E-state index contributed by atoms with van der Waals surface area (Å²) < 4.78 is 0. The lowest BCUT2D eigenvalue weighted by Gasteiger charge is -2.19. The topological polar surface area (TPSA) is 12.9 Å². The molecule has 2 aromatic carbocycles. The molecule has 3 rings (SSSR count). The van der Waals surface area contributed by atoms with Crippen molar-refractivity contribution in [1.29, 1.82) is 0 Å². The Morgan fingerprint density at radius 2 is 1.17 bits per heavy atom. The predicted octanol–water partition coefficient (Wildman–Crippen LogP) is 6.02. The molecule has 0 aliphatic rings. The van der Waals surface area contributed by atoms with E-state index in [1.165, 1.54) is 22.3 Å². The molecule has 1 nitrogen and oxygen atoms in total. The Morgan fingerprint density at radius 3 is 1.65 bits per heavy atom. The summed E-state index contributed by atoms with van der Waals surface area (Å²) in [4.78, 5) is 4.49. The average Bonchev–Trinajstić information content (AvgIpc) is 2.55. The van der Waals surface area contributed by atoms with Crippen LogP contribution < -0.4 is 0 Å². The van der Waals surface area contributed by atoms with Gasteiger partial charge in [-0.1, -0.05) is 75.4 Å². The SMILES string of the molecule is Cc1ccc(-c2ccc(-c3ccc(C(C)(C)C)cc3)cc2)nc1. The Kier molecular flexibility index (Phi) is 4.04. The quantitative estimate of drug-likeness (QED) is 0.564. The van der Waals surface area contributed by atoms with Crippen molar-refractivity contribution in [1.82, 2.24) is 4.98 Å². The first-order chi connectivity index (χ1) is 10.9. The second-order valence-corrected chi connectivity index (χ2v) is 7.13. The summed E-state index contributed by atoms with van der Waals surface area (Å²) in [6.45, 7) is 8.78. The van der Waals surface area contributed by atoms with Crippen LogP contribution in [-0.2, 0) is 5.41 Å². The van der Waals surface area contributed by atoms with Crippen LogP contribution in [0.25, 0.3) is 22.4 Å². The Labute approximate surface area is 139 Å². The van der Waals surface area contributed by atoms with Gasteiger partial charge in [0.25, 0.3) is 0 Å². The van der Waals surface area contributed by atoms with Crippen molar-refractivity contribution in [3.05, 3.63) is 78.0 Å². The molecule has 0 N–H and O–H groups in total. The molecule has 0 aliphatic carbocycles. The van der Waals surface area contributed by atoms with Crippen LogP contribution in [0.4, 0.5) is 0 Å². The fourth-order valence-electron chi connectivity index (χ4n) is 2.63. The van der Waals surface area contributed by atoms with Gasteiger partial charge in [-0.05, 0) is 40.7 Å². The van der Waals surface area contributed by atoms with Crippen molar-refractivity contribution in [3.63, 3.8) is 0 Å². The molecule has 0 atom stereocenters. The lowest BCUT2D eigenvalue weighted by molar-refractivity contribution is 0.590. The summed E-state index contributed by atoms with van der Waals surface area (Å²) in [6, 6.07) is 21.7. The summed E-state index contributed by atoms with van der Waals surface area (Å²) >= 11 is 0. The van der Waals surface area contributed by atoms with E-state index >= 15 is 0 Å². The number of aromatic nitrogens is 1. The Bertz CT molecular complexity index is 773. The smallest absolute Gasteiger partial charge is 0.0702 e.